The number of hydrogen-bond donors (Lipinski definition) is 1. The predicted molar refractivity (Wildman–Crippen MR) is 97.0 cm³/mol. The van der Waals surface area contributed by atoms with Crippen molar-refractivity contribution in [3.8, 4) is 0 Å². The molecule has 0 aliphatic carbocycles. The Morgan fingerprint density at radius 3 is 2.83 bits per heavy atom. The number of nitrogens with zero attached hydrogens (tertiary/aromatic N) is 2. The van der Waals surface area contributed by atoms with Gasteiger partial charge in [-0.25, -0.2) is 4.98 Å². The molecule has 1 aromatic carbocycles. The summed E-state index contributed by atoms with van der Waals surface area (Å²) in [7, 11) is 1.52. The Bertz CT molecular complexity index is 691. The Labute approximate surface area is 143 Å². The molecule has 0 spiro atoms. The number of hydrogen-bond acceptors (Lipinski definition) is 3. The smallest absolute Gasteiger partial charge is 0.245 e. The number of methoxy groups -OCH3 is 1. The quantitative estimate of drug-likeness (QED) is 0.538. The van der Waals surface area contributed by atoms with Crippen LogP contribution < -0.4 is 5.32 Å². The first-order chi connectivity index (χ1) is 11.6. The van der Waals surface area contributed by atoms with E-state index in [0.717, 1.165) is 49.1 Å². The van der Waals surface area contributed by atoms with Crippen molar-refractivity contribution in [3.63, 3.8) is 0 Å². The van der Waals surface area contributed by atoms with Crippen LogP contribution in [0.2, 0.25) is 0 Å². The molecule has 1 N–H and O–H groups in total. The number of benzene rings is 1. The lowest BCUT2D eigenvalue weighted by Gasteiger charge is -2.09. The first kappa shape index (κ1) is 18.2. The van der Waals surface area contributed by atoms with Crippen molar-refractivity contribution in [2.24, 2.45) is 0 Å². The van der Waals surface area contributed by atoms with Gasteiger partial charge in [0.1, 0.15) is 12.4 Å². The lowest BCUT2D eigenvalue weighted by atomic mass is 10.2. The normalized spacial score (nSPS) is 10.9. The SMILES string of the molecule is C=C(C)Cn1c(CCCCCNC(=O)COC)nc2ccccc21. The first-order valence-corrected chi connectivity index (χ1v) is 8.46. The monoisotopic (exact) mass is 329 g/mol. The Kier molecular flexibility index (Phi) is 7.00. The van der Waals surface area contributed by atoms with E-state index in [0.29, 0.717) is 6.54 Å². The number of amides is 1. The number of ether oxygens (including phenoxy) is 1. The molecule has 5 heteroatoms. The second-order valence-electron chi connectivity index (χ2n) is 6.15. The standard InChI is InChI=1S/C19H27N3O2/c1-15(2)13-22-17-10-7-6-9-16(17)21-18(22)11-5-4-8-12-20-19(23)14-24-3/h6-7,9-10H,1,4-5,8,11-14H2,2-3H3,(H,20,23). The van der Waals surface area contributed by atoms with Gasteiger partial charge >= 0.3 is 0 Å². The van der Waals surface area contributed by atoms with E-state index >= 15 is 0 Å². The predicted octanol–water partition coefficient (Wildman–Crippen LogP) is 3.09. The van der Waals surface area contributed by atoms with Crippen LogP contribution in [-0.4, -0.2) is 35.7 Å². The summed E-state index contributed by atoms with van der Waals surface area (Å²) in [6.45, 7) is 7.71. The van der Waals surface area contributed by atoms with Crippen LogP contribution in [0.5, 0.6) is 0 Å². The van der Waals surface area contributed by atoms with Crippen LogP contribution in [0, 0.1) is 0 Å². The Hall–Kier alpha value is -2.14. The summed E-state index contributed by atoms with van der Waals surface area (Å²) >= 11 is 0. The van der Waals surface area contributed by atoms with Gasteiger partial charge in [-0.1, -0.05) is 30.7 Å². The number of carbonyl (C=O) groups is 1. The summed E-state index contributed by atoms with van der Waals surface area (Å²) < 4.78 is 7.05. The number of nitrogens with one attached hydrogen (secondary N) is 1. The maximum absolute atomic E-state index is 11.3. The van der Waals surface area contributed by atoms with Crippen LogP contribution in [0.3, 0.4) is 0 Å². The molecular formula is C19H27N3O2. The molecule has 2 rings (SSSR count). The topological polar surface area (TPSA) is 56.2 Å². The van der Waals surface area contributed by atoms with E-state index in [1.165, 1.54) is 12.6 Å². The average molecular weight is 329 g/mol. The second kappa shape index (κ2) is 9.23. The lowest BCUT2D eigenvalue weighted by molar-refractivity contribution is -0.124. The molecule has 1 heterocycles. The van der Waals surface area contributed by atoms with Crippen LogP contribution in [0.1, 0.15) is 32.0 Å². The molecule has 1 aromatic heterocycles. The molecule has 2 aromatic rings. The van der Waals surface area contributed by atoms with E-state index < -0.39 is 0 Å². The first-order valence-electron chi connectivity index (χ1n) is 8.46. The van der Waals surface area contributed by atoms with E-state index in [4.69, 9.17) is 9.72 Å². The Balaban J connectivity index is 1.86. The minimum absolute atomic E-state index is 0.0549. The van der Waals surface area contributed by atoms with Gasteiger partial charge in [0.2, 0.25) is 5.91 Å². The van der Waals surface area contributed by atoms with Crippen molar-refractivity contribution in [1.29, 1.82) is 0 Å². The molecule has 24 heavy (non-hydrogen) atoms. The third-order valence-electron chi connectivity index (χ3n) is 3.84. The zero-order valence-electron chi connectivity index (χ0n) is 14.7. The molecule has 0 saturated heterocycles. The van der Waals surface area contributed by atoms with Crippen LogP contribution in [0.4, 0.5) is 0 Å². The fourth-order valence-corrected chi connectivity index (χ4v) is 2.76. The number of imidazole rings is 1. The molecule has 0 fully saturated rings. The Morgan fingerprint density at radius 2 is 2.08 bits per heavy atom. The second-order valence-corrected chi connectivity index (χ2v) is 6.15. The van der Waals surface area contributed by atoms with Crippen molar-refractivity contribution in [2.45, 2.75) is 39.2 Å². The summed E-state index contributed by atoms with van der Waals surface area (Å²) in [5.41, 5.74) is 3.34. The van der Waals surface area contributed by atoms with Crippen molar-refractivity contribution in [3.05, 3.63) is 42.2 Å². The number of unbranched alkanes of at least 4 members (excludes halogenated alkanes) is 2. The lowest BCUT2D eigenvalue weighted by Crippen LogP contribution is -2.27. The molecular weight excluding hydrogens is 302 g/mol. The van der Waals surface area contributed by atoms with Gasteiger partial charge in [-0.05, 0) is 31.9 Å². The highest BCUT2D eigenvalue weighted by atomic mass is 16.5. The van der Waals surface area contributed by atoms with Crippen LogP contribution in [0.25, 0.3) is 11.0 Å². The van der Waals surface area contributed by atoms with E-state index in [2.05, 4.69) is 28.6 Å². The van der Waals surface area contributed by atoms with E-state index in [9.17, 15) is 4.79 Å². The van der Waals surface area contributed by atoms with E-state index in [1.54, 1.807) is 0 Å². The minimum atomic E-state index is -0.0549. The average Bonchev–Trinajstić information content (AvgIpc) is 2.88. The Morgan fingerprint density at radius 1 is 1.29 bits per heavy atom. The molecule has 0 bridgehead atoms. The third-order valence-corrected chi connectivity index (χ3v) is 3.84. The minimum Gasteiger partial charge on any atom is -0.375 e. The van der Waals surface area contributed by atoms with Gasteiger partial charge in [-0.3, -0.25) is 4.79 Å². The summed E-state index contributed by atoms with van der Waals surface area (Å²) in [5, 5.41) is 2.84. The van der Waals surface area contributed by atoms with Gasteiger partial charge < -0.3 is 14.6 Å². The number of carbonyl (C=O) groups excluding carboxylic acids is 1. The summed E-state index contributed by atoms with van der Waals surface area (Å²) in [6, 6.07) is 8.23. The number of aromatic nitrogens is 2. The molecule has 0 radical (unpaired) electrons. The number of rotatable bonds is 10. The van der Waals surface area contributed by atoms with Crippen molar-refractivity contribution in [2.75, 3.05) is 20.3 Å². The highest BCUT2D eigenvalue weighted by molar-refractivity contribution is 5.77. The molecule has 0 saturated carbocycles. The molecule has 5 nitrogen and oxygen atoms in total. The van der Waals surface area contributed by atoms with Crippen LogP contribution in [-0.2, 0) is 22.5 Å². The highest BCUT2D eigenvalue weighted by Crippen LogP contribution is 2.19. The summed E-state index contributed by atoms with van der Waals surface area (Å²) in [4.78, 5) is 16.1. The van der Waals surface area contributed by atoms with Gasteiger partial charge in [0.15, 0.2) is 0 Å². The maximum Gasteiger partial charge on any atom is 0.245 e. The molecule has 0 aliphatic heterocycles. The molecule has 0 unspecified atom stereocenters. The fraction of sp³-hybridized carbons (Fsp3) is 0.474. The van der Waals surface area contributed by atoms with Crippen molar-refractivity contribution in [1.82, 2.24) is 14.9 Å². The zero-order valence-corrected chi connectivity index (χ0v) is 14.7. The van der Waals surface area contributed by atoms with Crippen LogP contribution >= 0.6 is 0 Å². The third kappa shape index (κ3) is 5.20. The van der Waals surface area contributed by atoms with Gasteiger partial charge in [0.05, 0.1) is 11.0 Å². The largest absolute Gasteiger partial charge is 0.375 e. The number of allylic oxidation sites excluding steroid dienone is 1. The zero-order chi connectivity index (χ0) is 17.4. The highest BCUT2D eigenvalue weighted by Gasteiger charge is 2.10. The van der Waals surface area contributed by atoms with E-state index in [1.807, 2.05) is 19.1 Å². The van der Waals surface area contributed by atoms with Crippen LogP contribution in [0.15, 0.2) is 36.4 Å². The number of fused-ring (bicyclic) bond motifs is 1. The summed E-state index contributed by atoms with van der Waals surface area (Å²) in [5.74, 6) is 1.06. The molecule has 0 atom stereocenters. The number of aryl methyl sites for hydroxylation is 1. The van der Waals surface area contributed by atoms with Gasteiger partial charge in [-0.15, -0.1) is 0 Å². The van der Waals surface area contributed by atoms with Crippen molar-refractivity contribution >= 4 is 16.9 Å². The van der Waals surface area contributed by atoms with Gasteiger partial charge in [0.25, 0.3) is 0 Å². The maximum atomic E-state index is 11.3. The molecule has 1 amide bonds. The summed E-state index contributed by atoms with van der Waals surface area (Å²) in [6.07, 6.45) is 4.02. The van der Waals surface area contributed by atoms with E-state index in [-0.39, 0.29) is 12.5 Å². The van der Waals surface area contributed by atoms with Crippen molar-refractivity contribution < 1.29 is 9.53 Å². The fourth-order valence-electron chi connectivity index (χ4n) is 2.76. The van der Waals surface area contributed by atoms with Gasteiger partial charge in [0, 0.05) is 26.6 Å². The van der Waals surface area contributed by atoms with Gasteiger partial charge in [-0.2, -0.15) is 0 Å². The molecule has 130 valence electrons. The number of para-hydroxylation sites is 2. The molecule has 0 aliphatic rings.